The van der Waals surface area contributed by atoms with Gasteiger partial charge in [0.05, 0.1) is 18.2 Å². The number of hydrogen-bond acceptors (Lipinski definition) is 6. The molecule has 1 aliphatic rings. The molecule has 0 amide bonds. The van der Waals surface area contributed by atoms with E-state index in [0.29, 0.717) is 11.7 Å². The van der Waals surface area contributed by atoms with Crippen LogP contribution in [-0.4, -0.2) is 31.7 Å². The molecule has 26 heavy (non-hydrogen) atoms. The molecular formula is C18H17N5O2S. The summed E-state index contributed by atoms with van der Waals surface area (Å²) in [4.78, 5) is 15.6. The Labute approximate surface area is 152 Å². The largest absolute Gasteiger partial charge is 0.497 e. The molecule has 1 aromatic carbocycles. The number of ether oxygens (including phenoxy) is 1. The number of nitrogens with zero attached hydrogens (tertiary/aromatic N) is 5. The van der Waals surface area contributed by atoms with Crippen LogP contribution in [0.5, 0.6) is 5.75 Å². The third-order valence-electron chi connectivity index (χ3n) is 5.09. The van der Waals surface area contributed by atoms with Gasteiger partial charge in [-0.15, -0.1) is 11.3 Å². The summed E-state index contributed by atoms with van der Waals surface area (Å²) in [5, 5.41) is 12.8. The number of thiophene rings is 1. The molecule has 7 nitrogen and oxygen atoms in total. The van der Waals surface area contributed by atoms with Crippen molar-refractivity contribution in [2.45, 2.75) is 26.2 Å². The first-order chi connectivity index (χ1) is 12.7. The Hall–Kier alpha value is -2.74. The smallest absolute Gasteiger partial charge is 0.268 e. The molecule has 8 heteroatoms. The van der Waals surface area contributed by atoms with Crippen LogP contribution in [0, 0.1) is 5.92 Å². The van der Waals surface area contributed by atoms with Gasteiger partial charge in [0.15, 0.2) is 0 Å². The zero-order valence-electron chi connectivity index (χ0n) is 14.5. The fourth-order valence-electron chi connectivity index (χ4n) is 3.73. The lowest BCUT2D eigenvalue weighted by Crippen LogP contribution is -2.22. The molecule has 0 aliphatic heterocycles. The normalized spacial score (nSPS) is 16.9. The number of aromatic nitrogens is 5. The van der Waals surface area contributed by atoms with E-state index in [2.05, 4.69) is 22.4 Å². The molecule has 0 saturated heterocycles. The zero-order chi connectivity index (χ0) is 17.8. The minimum atomic E-state index is -0.0560. The Balaban J connectivity index is 1.86. The number of fused-ring (bicyclic) bond motifs is 5. The number of aryl methyl sites for hydroxylation is 1. The Bertz CT molecular complexity index is 1190. The molecule has 0 unspecified atom stereocenters. The highest BCUT2D eigenvalue weighted by molar-refractivity contribution is 7.18. The summed E-state index contributed by atoms with van der Waals surface area (Å²) in [5.74, 6) is 1.81. The first kappa shape index (κ1) is 15.5. The Morgan fingerprint density at radius 3 is 2.85 bits per heavy atom. The molecule has 0 fully saturated rings. The number of rotatable bonds is 2. The minimum absolute atomic E-state index is 0.0560. The highest BCUT2D eigenvalue weighted by Gasteiger charge is 2.26. The van der Waals surface area contributed by atoms with Crippen molar-refractivity contribution in [3.8, 4) is 11.4 Å². The van der Waals surface area contributed by atoms with E-state index in [-0.39, 0.29) is 5.56 Å². The lowest BCUT2D eigenvalue weighted by Gasteiger charge is -2.17. The van der Waals surface area contributed by atoms with E-state index in [0.717, 1.165) is 40.9 Å². The molecule has 3 heterocycles. The Morgan fingerprint density at radius 2 is 2.08 bits per heavy atom. The van der Waals surface area contributed by atoms with Gasteiger partial charge in [-0.05, 0) is 65.4 Å². The fraction of sp³-hybridized carbons (Fsp3) is 0.333. The van der Waals surface area contributed by atoms with Crippen molar-refractivity contribution in [2.24, 2.45) is 5.92 Å². The molecule has 0 radical (unpaired) electrons. The second-order valence-corrected chi connectivity index (χ2v) is 7.84. The molecule has 1 aliphatic carbocycles. The average Bonchev–Trinajstić information content (AvgIpc) is 3.26. The van der Waals surface area contributed by atoms with E-state index in [4.69, 9.17) is 4.74 Å². The van der Waals surface area contributed by atoms with Crippen molar-refractivity contribution in [3.05, 3.63) is 45.1 Å². The van der Waals surface area contributed by atoms with Gasteiger partial charge in [-0.2, -0.15) is 4.52 Å². The Kier molecular flexibility index (Phi) is 3.36. The maximum absolute atomic E-state index is 13.4. The predicted molar refractivity (Wildman–Crippen MR) is 99.5 cm³/mol. The van der Waals surface area contributed by atoms with Gasteiger partial charge in [-0.3, -0.25) is 4.79 Å². The maximum Gasteiger partial charge on any atom is 0.268 e. The summed E-state index contributed by atoms with van der Waals surface area (Å²) < 4.78 is 8.50. The van der Waals surface area contributed by atoms with Crippen molar-refractivity contribution in [1.29, 1.82) is 0 Å². The van der Waals surface area contributed by atoms with Gasteiger partial charge in [-0.25, -0.2) is 4.57 Å². The van der Waals surface area contributed by atoms with Crippen LogP contribution in [0.2, 0.25) is 0 Å². The lowest BCUT2D eigenvalue weighted by atomic mass is 9.89. The summed E-state index contributed by atoms with van der Waals surface area (Å²) in [7, 11) is 1.62. The number of tetrazole rings is 1. The Morgan fingerprint density at radius 1 is 1.27 bits per heavy atom. The van der Waals surface area contributed by atoms with Gasteiger partial charge in [0.2, 0.25) is 0 Å². The van der Waals surface area contributed by atoms with Crippen molar-refractivity contribution in [2.75, 3.05) is 7.11 Å². The molecule has 132 valence electrons. The first-order valence-corrected chi connectivity index (χ1v) is 9.41. The second kappa shape index (κ2) is 5.63. The SMILES string of the molecule is COc1ccc(-n2c(=O)c3c4c(sc3n3nnnc23)C[C@@H](C)CC4)cc1. The third-order valence-corrected chi connectivity index (χ3v) is 6.32. The monoisotopic (exact) mass is 367 g/mol. The quantitative estimate of drug-likeness (QED) is 0.544. The molecular weight excluding hydrogens is 350 g/mol. The van der Waals surface area contributed by atoms with Crippen LogP contribution in [0.25, 0.3) is 21.7 Å². The summed E-state index contributed by atoms with van der Waals surface area (Å²) in [6, 6.07) is 7.36. The fourth-order valence-corrected chi connectivity index (χ4v) is 5.17. The van der Waals surface area contributed by atoms with Crippen LogP contribution in [0.1, 0.15) is 23.8 Å². The van der Waals surface area contributed by atoms with E-state index in [9.17, 15) is 4.79 Å². The first-order valence-electron chi connectivity index (χ1n) is 8.59. The summed E-state index contributed by atoms with van der Waals surface area (Å²) in [6.45, 7) is 2.26. The topological polar surface area (TPSA) is 74.3 Å². The van der Waals surface area contributed by atoms with Crippen molar-refractivity contribution >= 4 is 27.3 Å². The minimum Gasteiger partial charge on any atom is -0.497 e. The van der Waals surface area contributed by atoms with Crippen LogP contribution >= 0.6 is 11.3 Å². The van der Waals surface area contributed by atoms with E-state index < -0.39 is 0 Å². The maximum atomic E-state index is 13.4. The summed E-state index contributed by atoms with van der Waals surface area (Å²) in [5.41, 5.74) is 1.84. The third kappa shape index (κ3) is 2.11. The van der Waals surface area contributed by atoms with Crippen LogP contribution in [-0.2, 0) is 12.8 Å². The van der Waals surface area contributed by atoms with Gasteiger partial charge >= 0.3 is 0 Å². The van der Waals surface area contributed by atoms with E-state index in [1.54, 1.807) is 27.5 Å². The van der Waals surface area contributed by atoms with Gasteiger partial charge in [0, 0.05) is 4.88 Å². The molecule has 0 saturated carbocycles. The van der Waals surface area contributed by atoms with E-state index >= 15 is 0 Å². The predicted octanol–water partition coefficient (Wildman–Crippen LogP) is 2.62. The zero-order valence-corrected chi connectivity index (χ0v) is 15.3. The van der Waals surface area contributed by atoms with Crippen molar-refractivity contribution in [3.63, 3.8) is 0 Å². The second-order valence-electron chi connectivity index (χ2n) is 6.76. The molecule has 0 bridgehead atoms. The van der Waals surface area contributed by atoms with Crippen LogP contribution in [0.4, 0.5) is 0 Å². The van der Waals surface area contributed by atoms with Crippen LogP contribution in [0.15, 0.2) is 29.1 Å². The number of benzene rings is 1. The molecule has 1 atom stereocenters. The van der Waals surface area contributed by atoms with Gasteiger partial charge in [0.25, 0.3) is 11.3 Å². The highest BCUT2D eigenvalue weighted by Crippen LogP contribution is 2.36. The van der Waals surface area contributed by atoms with Crippen LogP contribution < -0.4 is 10.3 Å². The van der Waals surface area contributed by atoms with Crippen LogP contribution in [0.3, 0.4) is 0 Å². The standard InChI is InChI=1S/C18H17N5O2S/c1-10-3-8-13-14(9-10)26-17-15(13)16(24)22(18-19-20-21-23(17)18)11-4-6-12(25-2)7-5-11/h4-7,10H,3,8-9H2,1-2H3/t10-/m0/s1. The van der Waals surface area contributed by atoms with Crippen molar-refractivity contribution < 1.29 is 4.74 Å². The number of methoxy groups -OCH3 is 1. The summed E-state index contributed by atoms with van der Waals surface area (Å²) >= 11 is 1.65. The molecule has 0 spiro atoms. The molecule has 5 rings (SSSR count). The van der Waals surface area contributed by atoms with Gasteiger partial charge < -0.3 is 4.74 Å². The van der Waals surface area contributed by atoms with Gasteiger partial charge in [-0.1, -0.05) is 12.0 Å². The average molecular weight is 367 g/mol. The van der Waals surface area contributed by atoms with E-state index in [1.807, 2.05) is 24.3 Å². The highest BCUT2D eigenvalue weighted by atomic mass is 32.1. The summed E-state index contributed by atoms with van der Waals surface area (Å²) in [6.07, 6.45) is 3.05. The molecule has 3 aromatic heterocycles. The van der Waals surface area contributed by atoms with E-state index in [1.165, 1.54) is 10.4 Å². The van der Waals surface area contributed by atoms with Crippen molar-refractivity contribution in [1.82, 2.24) is 24.6 Å². The molecule has 0 N–H and O–H groups in total. The van der Waals surface area contributed by atoms with Gasteiger partial charge in [0.1, 0.15) is 10.6 Å². The number of hydrogen-bond donors (Lipinski definition) is 0. The lowest BCUT2D eigenvalue weighted by molar-refractivity contribution is 0.414. The molecule has 4 aromatic rings.